The molecule has 3 heteroatoms. The van der Waals surface area contributed by atoms with E-state index < -0.39 is 6.10 Å². The number of rotatable bonds is 2. The van der Waals surface area contributed by atoms with Crippen LogP contribution in [-0.2, 0) is 0 Å². The number of hydrogen-bond donors (Lipinski definition) is 2. The summed E-state index contributed by atoms with van der Waals surface area (Å²) in [5.74, 6) is 0.918. The van der Waals surface area contributed by atoms with Gasteiger partial charge in [0.05, 0.1) is 12.7 Å². The van der Waals surface area contributed by atoms with Gasteiger partial charge in [-0.25, -0.2) is 0 Å². The van der Waals surface area contributed by atoms with E-state index in [0.29, 0.717) is 6.61 Å². The highest BCUT2D eigenvalue weighted by molar-refractivity contribution is 5.40. The fourth-order valence-electron chi connectivity index (χ4n) is 1.67. The molecule has 1 aromatic carbocycles. The van der Waals surface area contributed by atoms with E-state index in [4.69, 9.17) is 10.5 Å². The van der Waals surface area contributed by atoms with Crippen molar-refractivity contribution in [2.75, 3.05) is 13.2 Å². The molecule has 0 radical (unpaired) electrons. The summed E-state index contributed by atoms with van der Waals surface area (Å²) < 4.78 is 5.42. The van der Waals surface area contributed by atoms with E-state index in [-0.39, 0.29) is 12.5 Å². The zero-order valence-electron chi connectivity index (χ0n) is 7.31. The Balaban J connectivity index is 2.28. The Morgan fingerprint density at radius 2 is 2.31 bits per heavy atom. The number of hydrogen-bond acceptors (Lipinski definition) is 3. The van der Waals surface area contributed by atoms with Crippen LogP contribution in [0.25, 0.3) is 0 Å². The fraction of sp³-hybridized carbons (Fsp3) is 0.400. The van der Waals surface area contributed by atoms with Crippen molar-refractivity contribution in [1.29, 1.82) is 0 Å². The van der Waals surface area contributed by atoms with Gasteiger partial charge in [-0.05, 0) is 6.07 Å². The first kappa shape index (κ1) is 8.53. The van der Waals surface area contributed by atoms with E-state index in [0.717, 1.165) is 11.3 Å². The third-order valence-corrected chi connectivity index (χ3v) is 2.44. The summed E-state index contributed by atoms with van der Waals surface area (Å²) in [6, 6.07) is 7.77. The first-order valence-corrected chi connectivity index (χ1v) is 4.43. The lowest BCUT2D eigenvalue weighted by molar-refractivity contribution is 0.136. The number of ether oxygens (including phenoxy) is 1. The van der Waals surface area contributed by atoms with Crippen LogP contribution < -0.4 is 10.5 Å². The number of aliphatic hydroxyl groups is 1. The van der Waals surface area contributed by atoms with Gasteiger partial charge in [-0.1, -0.05) is 18.2 Å². The zero-order chi connectivity index (χ0) is 9.26. The number of nitrogens with two attached hydrogens (primary N) is 1. The van der Waals surface area contributed by atoms with Crippen molar-refractivity contribution in [2.24, 2.45) is 5.73 Å². The van der Waals surface area contributed by atoms with Gasteiger partial charge in [0, 0.05) is 18.0 Å². The van der Waals surface area contributed by atoms with Gasteiger partial charge in [-0.2, -0.15) is 0 Å². The third kappa shape index (κ3) is 1.41. The molecule has 1 aliphatic heterocycles. The van der Waals surface area contributed by atoms with Gasteiger partial charge >= 0.3 is 0 Å². The largest absolute Gasteiger partial charge is 0.493 e. The summed E-state index contributed by atoms with van der Waals surface area (Å²) >= 11 is 0. The van der Waals surface area contributed by atoms with Gasteiger partial charge in [0.15, 0.2) is 0 Å². The number of para-hydroxylation sites is 1. The Kier molecular flexibility index (Phi) is 2.20. The predicted octanol–water partition coefficient (Wildman–Crippen LogP) is 0.482. The Bertz CT molecular complexity index is 301. The molecule has 0 saturated carbocycles. The average Bonchev–Trinajstić information content (AvgIpc) is 2.60. The first-order valence-electron chi connectivity index (χ1n) is 4.43. The van der Waals surface area contributed by atoms with Crippen molar-refractivity contribution >= 4 is 0 Å². The van der Waals surface area contributed by atoms with Crippen LogP contribution in [0.4, 0.5) is 0 Å². The second kappa shape index (κ2) is 3.36. The molecule has 70 valence electrons. The Morgan fingerprint density at radius 3 is 3.08 bits per heavy atom. The van der Waals surface area contributed by atoms with Crippen LogP contribution in [0, 0.1) is 0 Å². The third-order valence-electron chi connectivity index (χ3n) is 2.44. The summed E-state index contributed by atoms with van der Waals surface area (Å²) in [5, 5.41) is 9.60. The maximum absolute atomic E-state index is 9.60. The zero-order valence-corrected chi connectivity index (χ0v) is 7.31. The molecule has 0 spiro atoms. The van der Waals surface area contributed by atoms with E-state index in [9.17, 15) is 5.11 Å². The molecule has 3 nitrogen and oxygen atoms in total. The van der Waals surface area contributed by atoms with Gasteiger partial charge in [-0.3, -0.25) is 0 Å². The van der Waals surface area contributed by atoms with Gasteiger partial charge in [-0.15, -0.1) is 0 Å². The van der Waals surface area contributed by atoms with Crippen LogP contribution in [0.15, 0.2) is 24.3 Å². The van der Waals surface area contributed by atoms with E-state index in [2.05, 4.69) is 0 Å². The van der Waals surface area contributed by atoms with Crippen molar-refractivity contribution < 1.29 is 9.84 Å². The molecule has 3 N–H and O–H groups in total. The van der Waals surface area contributed by atoms with Gasteiger partial charge in [0.1, 0.15) is 5.75 Å². The molecule has 2 rings (SSSR count). The van der Waals surface area contributed by atoms with Crippen molar-refractivity contribution in [1.82, 2.24) is 0 Å². The normalized spacial score (nSPS) is 22.2. The van der Waals surface area contributed by atoms with Crippen LogP contribution in [-0.4, -0.2) is 24.4 Å². The van der Waals surface area contributed by atoms with Gasteiger partial charge < -0.3 is 15.6 Å². The summed E-state index contributed by atoms with van der Waals surface area (Å²) in [6.07, 6.45) is -0.497. The van der Waals surface area contributed by atoms with Crippen molar-refractivity contribution in [3.05, 3.63) is 29.8 Å². The molecule has 13 heavy (non-hydrogen) atoms. The summed E-state index contributed by atoms with van der Waals surface area (Å²) in [7, 11) is 0. The van der Waals surface area contributed by atoms with Gasteiger partial charge in [0.2, 0.25) is 0 Å². The quantitative estimate of drug-likeness (QED) is 0.694. The summed E-state index contributed by atoms with van der Waals surface area (Å²) in [6.45, 7) is 0.820. The molecule has 0 amide bonds. The van der Waals surface area contributed by atoms with Crippen molar-refractivity contribution in [2.45, 2.75) is 12.0 Å². The smallest absolute Gasteiger partial charge is 0.123 e. The van der Waals surface area contributed by atoms with Crippen LogP contribution >= 0.6 is 0 Å². The topological polar surface area (TPSA) is 55.5 Å². The SMILES string of the molecule is NC[C@@H](O)[C@@H]1COc2ccccc21. The van der Waals surface area contributed by atoms with Crippen LogP contribution in [0.2, 0.25) is 0 Å². The predicted molar refractivity (Wildman–Crippen MR) is 49.7 cm³/mol. The molecule has 2 atom stereocenters. The van der Waals surface area contributed by atoms with Crippen molar-refractivity contribution in [3.8, 4) is 5.75 Å². The molecule has 1 heterocycles. The molecular formula is C10H13NO2. The maximum Gasteiger partial charge on any atom is 0.123 e. The standard InChI is InChI=1S/C10H13NO2/c11-5-9(12)8-6-13-10-4-2-1-3-7(8)10/h1-4,8-9,12H,5-6,11H2/t8-,9-/m1/s1. The average molecular weight is 179 g/mol. The Labute approximate surface area is 77.1 Å². The van der Waals surface area contributed by atoms with Crippen LogP contribution in [0.3, 0.4) is 0 Å². The minimum absolute atomic E-state index is 0.0428. The molecule has 1 aliphatic rings. The van der Waals surface area contributed by atoms with Gasteiger partial charge in [0.25, 0.3) is 0 Å². The number of fused-ring (bicyclic) bond motifs is 1. The highest BCUT2D eigenvalue weighted by atomic mass is 16.5. The van der Waals surface area contributed by atoms with E-state index in [1.807, 2.05) is 24.3 Å². The molecule has 1 aromatic rings. The summed E-state index contributed by atoms with van der Waals surface area (Å²) in [4.78, 5) is 0. The molecule has 0 aromatic heterocycles. The van der Waals surface area contributed by atoms with Crippen LogP contribution in [0.5, 0.6) is 5.75 Å². The highest BCUT2D eigenvalue weighted by Gasteiger charge is 2.28. The van der Waals surface area contributed by atoms with E-state index in [1.165, 1.54) is 0 Å². The summed E-state index contributed by atoms with van der Waals surface area (Å²) in [5.41, 5.74) is 6.47. The lowest BCUT2D eigenvalue weighted by atomic mass is 9.96. The van der Waals surface area contributed by atoms with E-state index >= 15 is 0 Å². The molecule has 0 unspecified atom stereocenters. The van der Waals surface area contributed by atoms with Crippen LogP contribution in [0.1, 0.15) is 11.5 Å². The first-order chi connectivity index (χ1) is 6.33. The molecular weight excluding hydrogens is 166 g/mol. The second-order valence-corrected chi connectivity index (χ2v) is 3.26. The maximum atomic E-state index is 9.60. The molecule has 0 fully saturated rings. The highest BCUT2D eigenvalue weighted by Crippen LogP contribution is 2.35. The Hall–Kier alpha value is -1.06. The molecule has 0 saturated heterocycles. The lowest BCUT2D eigenvalue weighted by Crippen LogP contribution is -2.28. The Morgan fingerprint density at radius 1 is 1.54 bits per heavy atom. The molecule has 0 aliphatic carbocycles. The second-order valence-electron chi connectivity index (χ2n) is 3.26. The number of aliphatic hydroxyl groups excluding tert-OH is 1. The molecule has 0 bridgehead atoms. The monoisotopic (exact) mass is 179 g/mol. The minimum Gasteiger partial charge on any atom is -0.493 e. The minimum atomic E-state index is -0.497. The fourth-order valence-corrected chi connectivity index (χ4v) is 1.67. The number of benzene rings is 1. The van der Waals surface area contributed by atoms with Crippen molar-refractivity contribution in [3.63, 3.8) is 0 Å². The van der Waals surface area contributed by atoms with E-state index in [1.54, 1.807) is 0 Å². The lowest BCUT2D eigenvalue weighted by Gasteiger charge is -2.14.